The van der Waals surface area contributed by atoms with Crippen molar-refractivity contribution in [2.45, 2.75) is 51.5 Å². The maximum atomic E-state index is 12.3. The van der Waals surface area contributed by atoms with Crippen LogP contribution < -0.4 is 9.47 Å². The van der Waals surface area contributed by atoms with Gasteiger partial charge in [-0.15, -0.1) is 0 Å². The Morgan fingerprint density at radius 2 is 1.76 bits per heavy atom. The monoisotopic (exact) mass is 519 g/mol. The number of carbonyl (C=O) groups excluding carboxylic acids is 2. The minimum atomic E-state index is -0.660. The number of nitrogens with zero attached hydrogens (tertiary/aromatic N) is 4. The van der Waals surface area contributed by atoms with Crippen LogP contribution in [0.2, 0.25) is 0 Å². The molecule has 2 fully saturated rings. The van der Waals surface area contributed by atoms with Crippen LogP contribution in [0.5, 0.6) is 11.6 Å². The van der Waals surface area contributed by atoms with Gasteiger partial charge in [0.25, 0.3) is 0 Å². The number of esters is 2. The van der Waals surface area contributed by atoms with E-state index in [1.165, 1.54) is 19.4 Å². The van der Waals surface area contributed by atoms with Gasteiger partial charge in [0, 0.05) is 55.3 Å². The number of aromatic amines is 1. The summed E-state index contributed by atoms with van der Waals surface area (Å²) in [6.45, 7) is 9.02. The molecule has 5 heterocycles. The van der Waals surface area contributed by atoms with Crippen molar-refractivity contribution in [3.05, 3.63) is 36.2 Å². The normalized spacial score (nSPS) is 20.7. The smallest absolute Gasteiger partial charge is 0.337 e. The van der Waals surface area contributed by atoms with Gasteiger partial charge in [-0.1, -0.05) is 0 Å². The predicted octanol–water partition coefficient (Wildman–Crippen LogP) is 3.99. The zero-order valence-corrected chi connectivity index (χ0v) is 21.8. The second-order valence-corrected chi connectivity index (χ2v) is 10.7. The molecule has 0 spiro atoms. The van der Waals surface area contributed by atoms with Crippen LogP contribution in [0.1, 0.15) is 57.2 Å². The molecule has 0 atom stereocenters. The summed E-state index contributed by atoms with van der Waals surface area (Å²) in [5.74, 6) is 1.09. The molecule has 2 saturated heterocycles. The first-order valence-electron chi connectivity index (χ1n) is 13.5. The average Bonchev–Trinajstić information content (AvgIpc) is 3.56. The van der Waals surface area contributed by atoms with Gasteiger partial charge in [0.05, 0.1) is 6.04 Å². The fraction of sp³-hybridized carbons (Fsp3) is 0.500. The molecular weight excluding hydrogens is 486 g/mol. The third-order valence-electron chi connectivity index (χ3n) is 7.76. The summed E-state index contributed by atoms with van der Waals surface area (Å²) in [4.78, 5) is 35.4. The third kappa shape index (κ3) is 4.86. The Morgan fingerprint density at radius 1 is 1.03 bits per heavy atom. The summed E-state index contributed by atoms with van der Waals surface area (Å²) in [7, 11) is 0. The number of benzene rings is 1. The number of hydrogen-bond acceptors (Lipinski definition) is 8. The molecule has 6 rings (SSSR count). The third-order valence-corrected chi connectivity index (χ3v) is 7.76. The molecule has 38 heavy (non-hydrogen) atoms. The highest BCUT2D eigenvalue weighted by atomic mass is 16.6. The summed E-state index contributed by atoms with van der Waals surface area (Å²) >= 11 is 0. The van der Waals surface area contributed by atoms with Gasteiger partial charge >= 0.3 is 11.9 Å². The molecule has 3 aromatic rings. The lowest BCUT2D eigenvalue weighted by molar-refractivity contribution is -0.131. The molecule has 10 nitrogen and oxygen atoms in total. The van der Waals surface area contributed by atoms with Gasteiger partial charge in [-0.2, -0.15) is 5.10 Å². The Bertz CT molecular complexity index is 1380. The standard InChI is InChI=1S/C28H33N5O5/c1-17(2)33-28-25-22(37-23(34)5-6-24(35)38-28)4-3-20(26(25)31-33)27-29-15-21(30-27)19-7-11-32(12-8-19)16-18-9-13-36-14-10-18/h3-6,15,17-19H,7-14,16H2,1-2H3,(H,29,30)/b6-5+. The lowest BCUT2D eigenvalue weighted by Crippen LogP contribution is -2.38. The maximum absolute atomic E-state index is 12.3. The van der Waals surface area contributed by atoms with Gasteiger partial charge in [-0.3, -0.25) is 0 Å². The van der Waals surface area contributed by atoms with E-state index in [1.807, 2.05) is 26.1 Å². The molecule has 3 aliphatic heterocycles. The molecule has 0 unspecified atom stereocenters. The first-order valence-corrected chi connectivity index (χ1v) is 13.5. The topological polar surface area (TPSA) is 112 Å². The van der Waals surface area contributed by atoms with Crippen molar-refractivity contribution < 1.29 is 23.8 Å². The van der Waals surface area contributed by atoms with Crippen LogP contribution in [0, 0.1) is 5.92 Å². The number of carbonyl (C=O) groups is 2. The van der Waals surface area contributed by atoms with E-state index < -0.39 is 11.9 Å². The van der Waals surface area contributed by atoms with Crippen molar-refractivity contribution in [3.8, 4) is 23.0 Å². The van der Waals surface area contributed by atoms with Crippen molar-refractivity contribution in [1.82, 2.24) is 24.6 Å². The Balaban J connectivity index is 1.27. The molecular formula is C28H33N5O5. The molecule has 1 aromatic carbocycles. The largest absolute Gasteiger partial charge is 0.422 e. The highest BCUT2D eigenvalue weighted by Crippen LogP contribution is 2.41. The summed E-state index contributed by atoms with van der Waals surface area (Å²) < 4.78 is 18.3. The summed E-state index contributed by atoms with van der Waals surface area (Å²) in [6.07, 6.45) is 8.56. The van der Waals surface area contributed by atoms with E-state index in [4.69, 9.17) is 24.3 Å². The van der Waals surface area contributed by atoms with Crippen LogP contribution in [0.25, 0.3) is 22.3 Å². The van der Waals surface area contributed by atoms with Crippen molar-refractivity contribution in [1.29, 1.82) is 0 Å². The van der Waals surface area contributed by atoms with E-state index in [-0.39, 0.29) is 11.9 Å². The van der Waals surface area contributed by atoms with Crippen LogP contribution >= 0.6 is 0 Å². The second-order valence-electron chi connectivity index (χ2n) is 10.7. The van der Waals surface area contributed by atoms with Crippen LogP contribution in [-0.2, 0) is 14.3 Å². The number of piperidine rings is 1. The fourth-order valence-electron chi connectivity index (χ4n) is 5.68. The zero-order valence-electron chi connectivity index (χ0n) is 21.8. The second kappa shape index (κ2) is 10.3. The first-order chi connectivity index (χ1) is 18.5. The van der Waals surface area contributed by atoms with Gasteiger partial charge in [0.15, 0.2) is 0 Å². The Kier molecular flexibility index (Phi) is 6.75. The quantitative estimate of drug-likeness (QED) is 0.398. The van der Waals surface area contributed by atoms with Crippen molar-refractivity contribution in [2.24, 2.45) is 5.92 Å². The van der Waals surface area contributed by atoms with E-state index in [1.54, 1.807) is 10.7 Å². The van der Waals surface area contributed by atoms with E-state index >= 15 is 0 Å². The first kappa shape index (κ1) is 24.8. The predicted molar refractivity (Wildman–Crippen MR) is 140 cm³/mol. The number of aromatic nitrogens is 4. The molecule has 3 aliphatic rings. The van der Waals surface area contributed by atoms with Crippen LogP contribution in [-0.4, -0.2) is 69.4 Å². The van der Waals surface area contributed by atoms with E-state index in [0.717, 1.165) is 68.5 Å². The summed E-state index contributed by atoms with van der Waals surface area (Å²) in [5, 5.41) is 5.24. The molecule has 0 saturated carbocycles. The number of rotatable bonds is 5. The van der Waals surface area contributed by atoms with E-state index in [2.05, 4.69) is 9.88 Å². The van der Waals surface area contributed by atoms with Crippen LogP contribution in [0.4, 0.5) is 0 Å². The van der Waals surface area contributed by atoms with Crippen molar-refractivity contribution in [2.75, 3.05) is 32.8 Å². The van der Waals surface area contributed by atoms with Gasteiger partial charge in [0.2, 0.25) is 5.88 Å². The molecule has 0 aliphatic carbocycles. The van der Waals surface area contributed by atoms with Crippen molar-refractivity contribution in [3.63, 3.8) is 0 Å². The summed E-state index contributed by atoms with van der Waals surface area (Å²) in [6, 6.07) is 3.45. The molecule has 10 heteroatoms. The Labute approximate surface area is 220 Å². The average molecular weight is 520 g/mol. The number of H-pyrrole nitrogens is 1. The number of likely N-dealkylation sites (tertiary alicyclic amines) is 1. The van der Waals surface area contributed by atoms with E-state index in [0.29, 0.717) is 28.4 Å². The number of hydrogen-bond donors (Lipinski definition) is 1. The highest BCUT2D eigenvalue weighted by molar-refractivity contribution is 6.04. The Hall–Kier alpha value is -3.50. The Morgan fingerprint density at radius 3 is 2.50 bits per heavy atom. The van der Waals surface area contributed by atoms with Gasteiger partial charge in [-0.05, 0) is 70.7 Å². The van der Waals surface area contributed by atoms with Gasteiger partial charge in [0.1, 0.15) is 22.5 Å². The molecule has 0 amide bonds. The van der Waals surface area contributed by atoms with Crippen molar-refractivity contribution >= 4 is 22.8 Å². The molecule has 200 valence electrons. The molecule has 0 bridgehead atoms. The molecule has 1 N–H and O–H groups in total. The number of ether oxygens (including phenoxy) is 3. The van der Waals surface area contributed by atoms with Gasteiger partial charge < -0.3 is 24.1 Å². The molecule has 2 aromatic heterocycles. The maximum Gasteiger partial charge on any atom is 0.337 e. The minimum Gasteiger partial charge on any atom is -0.422 e. The fourth-order valence-corrected chi connectivity index (χ4v) is 5.68. The van der Waals surface area contributed by atoms with E-state index in [9.17, 15) is 9.59 Å². The lowest BCUT2D eigenvalue weighted by Gasteiger charge is -2.35. The minimum absolute atomic E-state index is 0.0928. The highest BCUT2D eigenvalue weighted by Gasteiger charge is 2.28. The zero-order chi connectivity index (χ0) is 26.2. The number of imidazole rings is 1. The molecule has 0 radical (unpaired) electrons. The SMILES string of the molecule is CC(C)n1nc2c(-c3ncc(C4CCN(CC5CCOCC5)CC4)[nH]3)ccc3c2c1OC(=O)/C=C/C(=O)O3. The van der Waals surface area contributed by atoms with Crippen LogP contribution in [0.3, 0.4) is 0 Å². The lowest BCUT2D eigenvalue weighted by atomic mass is 9.92. The number of nitrogens with one attached hydrogen (secondary N) is 1. The van der Waals surface area contributed by atoms with Crippen LogP contribution in [0.15, 0.2) is 30.5 Å². The van der Waals surface area contributed by atoms with Gasteiger partial charge in [-0.25, -0.2) is 19.3 Å². The summed E-state index contributed by atoms with van der Waals surface area (Å²) in [5.41, 5.74) is 2.43.